The largest absolute Gasteiger partial charge is 0.320 e. The molecule has 0 aliphatic carbocycles. The molecule has 0 saturated heterocycles. The Bertz CT molecular complexity index is 391. The van der Waals surface area contributed by atoms with Gasteiger partial charge >= 0.3 is 8.25 Å². The van der Waals surface area contributed by atoms with Gasteiger partial charge in [-0.25, -0.2) is 0 Å². The van der Waals surface area contributed by atoms with E-state index in [4.69, 9.17) is 9.05 Å². The monoisotopic (exact) mass is 322 g/mol. The van der Waals surface area contributed by atoms with Crippen LogP contribution in [0.15, 0.2) is 75.9 Å². The molecule has 0 bridgehead atoms. The first-order chi connectivity index (χ1) is 10.5. The maximum absolute atomic E-state index is 12.4. The molecule has 0 aliphatic heterocycles. The van der Waals surface area contributed by atoms with E-state index in [0.29, 0.717) is 25.7 Å². The summed E-state index contributed by atoms with van der Waals surface area (Å²) < 4.78 is 23.7. The molecule has 0 aromatic heterocycles. The molecular formula is C18H27O3P. The summed E-state index contributed by atoms with van der Waals surface area (Å²) in [5.41, 5.74) is -1.65. The van der Waals surface area contributed by atoms with E-state index in [0.717, 1.165) is 0 Å². The quantitative estimate of drug-likeness (QED) is 0.310. The highest BCUT2D eigenvalue weighted by Gasteiger charge is 2.32. The minimum absolute atomic E-state index is 0.465. The van der Waals surface area contributed by atoms with Gasteiger partial charge in [0.2, 0.25) is 0 Å². The molecule has 3 nitrogen and oxygen atoms in total. The van der Waals surface area contributed by atoms with Gasteiger partial charge < -0.3 is 0 Å². The molecular weight excluding hydrogens is 295 g/mol. The third-order valence-corrected chi connectivity index (χ3v) is 4.42. The number of hydrogen-bond acceptors (Lipinski definition) is 3. The van der Waals surface area contributed by atoms with Crippen molar-refractivity contribution < 1.29 is 13.6 Å². The second-order valence-electron chi connectivity index (χ2n) is 4.96. The summed E-state index contributed by atoms with van der Waals surface area (Å²) in [6, 6.07) is 0. The number of rotatable bonds is 14. The summed E-state index contributed by atoms with van der Waals surface area (Å²) in [4.78, 5) is 0. The van der Waals surface area contributed by atoms with Gasteiger partial charge in [-0.15, -0.1) is 39.5 Å². The molecule has 0 aromatic rings. The highest BCUT2D eigenvalue weighted by atomic mass is 31.1. The Balaban J connectivity index is 5.20. The summed E-state index contributed by atoms with van der Waals surface area (Å²) in [6.45, 7) is 22.3. The van der Waals surface area contributed by atoms with Crippen LogP contribution in [-0.4, -0.2) is 11.2 Å². The zero-order valence-corrected chi connectivity index (χ0v) is 14.3. The Labute approximate surface area is 135 Å². The van der Waals surface area contributed by atoms with Crippen molar-refractivity contribution in [2.75, 3.05) is 0 Å². The molecule has 0 atom stereocenters. The summed E-state index contributed by atoms with van der Waals surface area (Å²) in [6.07, 6.45) is 11.8. The van der Waals surface area contributed by atoms with E-state index in [-0.39, 0.29) is 0 Å². The molecule has 122 valence electrons. The van der Waals surface area contributed by atoms with Crippen LogP contribution in [0.2, 0.25) is 0 Å². The minimum Gasteiger partial charge on any atom is -0.299 e. The van der Waals surface area contributed by atoms with Crippen molar-refractivity contribution in [2.45, 2.75) is 36.9 Å². The van der Waals surface area contributed by atoms with Crippen LogP contribution in [0.5, 0.6) is 0 Å². The van der Waals surface area contributed by atoms with Crippen molar-refractivity contribution in [1.82, 2.24) is 0 Å². The smallest absolute Gasteiger partial charge is 0.299 e. The van der Waals surface area contributed by atoms with Gasteiger partial charge in [0.05, 0.1) is 0 Å². The van der Waals surface area contributed by atoms with E-state index in [1.807, 2.05) is 0 Å². The van der Waals surface area contributed by atoms with Crippen LogP contribution in [0, 0.1) is 0 Å². The maximum Gasteiger partial charge on any atom is 0.320 e. The van der Waals surface area contributed by atoms with Gasteiger partial charge in [-0.1, -0.05) is 36.5 Å². The Kier molecular flexibility index (Phi) is 9.68. The van der Waals surface area contributed by atoms with Gasteiger partial charge in [-0.05, 0) is 25.7 Å². The Morgan fingerprint density at radius 2 is 0.955 bits per heavy atom. The summed E-state index contributed by atoms with van der Waals surface area (Å²) in [5, 5.41) is 0. The molecule has 0 rings (SSSR count). The number of hydrogen-bond donors (Lipinski definition) is 0. The van der Waals surface area contributed by atoms with E-state index < -0.39 is 19.5 Å². The van der Waals surface area contributed by atoms with Gasteiger partial charge in [0.15, 0.2) is 0 Å². The van der Waals surface area contributed by atoms with Crippen LogP contribution >= 0.6 is 8.25 Å². The Morgan fingerprint density at radius 3 is 1.14 bits per heavy atom. The van der Waals surface area contributed by atoms with Crippen LogP contribution in [-0.2, 0) is 13.6 Å². The van der Waals surface area contributed by atoms with Crippen molar-refractivity contribution >= 4 is 8.25 Å². The van der Waals surface area contributed by atoms with Crippen LogP contribution in [0.3, 0.4) is 0 Å². The third kappa shape index (κ3) is 6.15. The lowest BCUT2D eigenvalue weighted by Gasteiger charge is -2.32. The maximum atomic E-state index is 12.4. The zero-order chi connectivity index (χ0) is 17.1. The van der Waals surface area contributed by atoms with Crippen LogP contribution < -0.4 is 0 Å². The molecule has 0 saturated carbocycles. The third-order valence-electron chi connectivity index (χ3n) is 3.28. The van der Waals surface area contributed by atoms with Crippen molar-refractivity contribution in [3.05, 3.63) is 75.9 Å². The van der Waals surface area contributed by atoms with Crippen LogP contribution in [0.4, 0.5) is 0 Å². The van der Waals surface area contributed by atoms with Gasteiger partial charge in [0, 0.05) is 0 Å². The lowest BCUT2D eigenvalue weighted by atomic mass is 9.96. The van der Waals surface area contributed by atoms with Crippen molar-refractivity contribution in [3.8, 4) is 0 Å². The van der Waals surface area contributed by atoms with Gasteiger partial charge in [0.25, 0.3) is 0 Å². The molecule has 0 radical (unpaired) electrons. The predicted molar refractivity (Wildman–Crippen MR) is 96.3 cm³/mol. The second kappa shape index (κ2) is 10.3. The second-order valence-corrected chi connectivity index (χ2v) is 5.87. The van der Waals surface area contributed by atoms with Gasteiger partial charge in [0.1, 0.15) is 11.2 Å². The van der Waals surface area contributed by atoms with Gasteiger partial charge in [-0.3, -0.25) is 13.6 Å². The van der Waals surface area contributed by atoms with Crippen molar-refractivity contribution in [2.24, 2.45) is 0 Å². The first kappa shape index (κ1) is 20.6. The highest BCUT2D eigenvalue weighted by molar-refractivity contribution is 7.33. The van der Waals surface area contributed by atoms with E-state index in [1.165, 1.54) is 0 Å². The molecule has 4 heteroatoms. The first-order valence-electron chi connectivity index (χ1n) is 7.09. The average Bonchev–Trinajstić information content (AvgIpc) is 2.47. The molecule has 0 aromatic carbocycles. The molecule has 22 heavy (non-hydrogen) atoms. The lowest BCUT2D eigenvalue weighted by Crippen LogP contribution is -2.30. The molecule has 0 heterocycles. The summed E-state index contributed by atoms with van der Waals surface area (Å²) in [5.74, 6) is 0. The minimum atomic E-state index is -2.80. The standard InChI is InChI=1S/C18H27O3P/c1-7-13-17(11-5,14-8-2)20-22(19)21-18(12-6,15-9-3)16-10-4/h7-12,22H,1-6,13-16H2. The summed E-state index contributed by atoms with van der Waals surface area (Å²) in [7, 11) is -2.80. The lowest BCUT2D eigenvalue weighted by molar-refractivity contribution is 0.0608. The fraction of sp³-hybridized carbons (Fsp3) is 0.333. The van der Waals surface area contributed by atoms with Crippen molar-refractivity contribution in [3.63, 3.8) is 0 Å². The molecule has 0 amide bonds. The van der Waals surface area contributed by atoms with E-state index in [9.17, 15) is 4.57 Å². The summed E-state index contributed by atoms with van der Waals surface area (Å²) >= 11 is 0. The van der Waals surface area contributed by atoms with Gasteiger partial charge in [-0.2, -0.15) is 0 Å². The molecule has 0 spiro atoms. The molecule has 0 fully saturated rings. The SMILES string of the molecule is C=CCC(C=C)(CC=C)O[PH](=O)OC(C=C)(CC=C)CC=C. The van der Waals surface area contributed by atoms with Crippen LogP contribution in [0.1, 0.15) is 25.7 Å². The fourth-order valence-electron chi connectivity index (χ4n) is 2.08. The van der Waals surface area contributed by atoms with Crippen LogP contribution in [0.25, 0.3) is 0 Å². The normalized spacial score (nSPS) is 11.7. The molecule has 0 N–H and O–H groups in total. The fourth-order valence-corrected chi connectivity index (χ4v) is 3.29. The van der Waals surface area contributed by atoms with Crippen molar-refractivity contribution in [1.29, 1.82) is 0 Å². The zero-order valence-electron chi connectivity index (χ0n) is 13.3. The first-order valence-corrected chi connectivity index (χ1v) is 8.32. The van der Waals surface area contributed by atoms with E-state index in [1.54, 1.807) is 36.5 Å². The molecule has 0 unspecified atom stereocenters. The Hall–Kier alpha value is -1.41. The Morgan fingerprint density at radius 1 is 0.682 bits per heavy atom. The van der Waals surface area contributed by atoms with E-state index >= 15 is 0 Å². The predicted octanol–water partition coefficient (Wildman–Crippen LogP) is 5.56. The van der Waals surface area contributed by atoms with E-state index in [2.05, 4.69) is 39.5 Å². The highest BCUT2D eigenvalue weighted by Crippen LogP contribution is 2.42. The average molecular weight is 322 g/mol. The molecule has 0 aliphatic rings. The topological polar surface area (TPSA) is 35.5 Å².